The number of carbonyl (C=O) groups is 1. The van der Waals surface area contributed by atoms with Crippen molar-refractivity contribution in [2.45, 2.75) is 19.4 Å². The molecule has 0 saturated carbocycles. The van der Waals surface area contributed by atoms with Gasteiger partial charge in [0.25, 0.3) is 0 Å². The number of para-hydroxylation sites is 4. The lowest BCUT2D eigenvalue weighted by Crippen LogP contribution is -2.50. The molecule has 1 aliphatic rings. The zero-order valence-corrected chi connectivity index (χ0v) is 14.3. The van der Waals surface area contributed by atoms with Crippen molar-refractivity contribution in [2.75, 3.05) is 35.7 Å². The van der Waals surface area contributed by atoms with Crippen molar-refractivity contribution in [1.29, 1.82) is 0 Å². The van der Waals surface area contributed by atoms with E-state index in [4.69, 9.17) is 4.74 Å². The first kappa shape index (κ1) is 16.2. The third-order valence-corrected chi connectivity index (χ3v) is 4.02. The Morgan fingerprint density at radius 3 is 2.71 bits per heavy atom. The Labute approximate surface area is 142 Å². The van der Waals surface area contributed by atoms with E-state index in [1.54, 1.807) is 7.11 Å². The van der Waals surface area contributed by atoms with Gasteiger partial charge in [-0.05, 0) is 38.1 Å². The number of amides is 1. The minimum absolute atomic E-state index is 0.0630. The molecule has 5 nitrogen and oxygen atoms in total. The molecule has 1 amide bonds. The van der Waals surface area contributed by atoms with Gasteiger partial charge in [-0.1, -0.05) is 24.3 Å². The Kier molecular flexibility index (Phi) is 4.34. The number of ether oxygens (including phenoxy) is 1. The van der Waals surface area contributed by atoms with Crippen LogP contribution in [0.3, 0.4) is 0 Å². The van der Waals surface area contributed by atoms with Gasteiger partial charge in [0.05, 0.1) is 30.7 Å². The third-order valence-electron chi connectivity index (χ3n) is 4.02. The first-order valence-corrected chi connectivity index (χ1v) is 8.03. The number of fused-ring (bicyclic) bond motifs is 1. The molecule has 1 aliphatic heterocycles. The standard InChI is InChI=1S/C19H23N3O2/c1-19(2)13-22(16-10-6-4-8-14(16)21-19)12-18(23)20-15-9-5-7-11-17(15)24-3/h4-11,21H,12-13H2,1-3H3,(H,20,23). The monoisotopic (exact) mass is 325 g/mol. The molecule has 2 N–H and O–H groups in total. The average molecular weight is 325 g/mol. The molecule has 0 bridgehead atoms. The minimum atomic E-state index is -0.0981. The maximum atomic E-state index is 12.5. The number of benzene rings is 2. The Morgan fingerprint density at radius 1 is 1.21 bits per heavy atom. The van der Waals surface area contributed by atoms with E-state index in [9.17, 15) is 4.79 Å². The Bertz CT molecular complexity index is 743. The second kappa shape index (κ2) is 6.43. The highest BCUT2D eigenvalue weighted by atomic mass is 16.5. The second-order valence-electron chi connectivity index (χ2n) is 6.63. The lowest BCUT2D eigenvalue weighted by Gasteiger charge is -2.41. The van der Waals surface area contributed by atoms with E-state index in [2.05, 4.69) is 29.4 Å². The van der Waals surface area contributed by atoms with Crippen LogP contribution in [0.4, 0.5) is 17.1 Å². The molecule has 0 saturated heterocycles. The van der Waals surface area contributed by atoms with Crippen LogP contribution >= 0.6 is 0 Å². The average Bonchev–Trinajstić information content (AvgIpc) is 2.54. The molecule has 24 heavy (non-hydrogen) atoms. The lowest BCUT2D eigenvalue weighted by molar-refractivity contribution is -0.115. The summed E-state index contributed by atoms with van der Waals surface area (Å²) in [5, 5.41) is 6.45. The third kappa shape index (κ3) is 3.45. The van der Waals surface area contributed by atoms with E-state index in [1.165, 1.54) is 0 Å². The fraction of sp³-hybridized carbons (Fsp3) is 0.316. The van der Waals surface area contributed by atoms with Crippen LogP contribution < -0.4 is 20.3 Å². The number of methoxy groups -OCH3 is 1. The number of anilines is 3. The summed E-state index contributed by atoms with van der Waals surface area (Å²) < 4.78 is 5.29. The van der Waals surface area contributed by atoms with Crippen molar-refractivity contribution in [3.8, 4) is 5.75 Å². The molecule has 3 rings (SSSR count). The quantitative estimate of drug-likeness (QED) is 0.905. The van der Waals surface area contributed by atoms with Crippen LogP contribution in [-0.4, -0.2) is 31.6 Å². The molecule has 2 aromatic rings. The normalized spacial score (nSPS) is 15.2. The number of hydrogen-bond acceptors (Lipinski definition) is 4. The summed E-state index contributed by atoms with van der Waals surface area (Å²) >= 11 is 0. The van der Waals surface area contributed by atoms with E-state index in [0.29, 0.717) is 18.0 Å². The highest BCUT2D eigenvalue weighted by Crippen LogP contribution is 2.34. The van der Waals surface area contributed by atoms with Crippen LogP contribution in [0.25, 0.3) is 0 Å². The van der Waals surface area contributed by atoms with Gasteiger partial charge in [-0.25, -0.2) is 0 Å². The minimum Gasteiger partial charge on any atom is -0.495 e. The van der Waals surface area contributed by atoms with Crippen molar-refractivity contribution in [1.82, 2.24) is 0 Å². The predicted molar refractivity (Wildman–Crippen MR) is 98.0 cm³/mol. The van der Waals surface area contributed by atoms with E-state index in [0.717, 1.165) is 17.9 Å². The molecule has 0 aromatic heterocycles. The topological polar surface area (TPSA) is 53.6 Å². The van der Waals surface area contributed by atoms with Crippen LogP contribution in [0, 0.1) is 0 Å². The van der Waals surface area contributed by atoms with E-state index < -0.39 is 0 Å². The summed E-state index contributed by atoms with van der Waals surface area (Å²) in [6, 6.07) is 15.5. The maximum absolute atomic E-state index is 12.5. The zero-order chi connectivity index (χ0) is 17.2. The van der Waals surface area contributed by atoms with Crippen LogP contribution in [0.15, 0.2) is 48.5 Å². The summed E-state index contributed by atoms with van der Waals surface area (Å²) in [5.41, 5.74) is 2.69. The Balaban J connectivity index is 1.77. The van der Waals surface area contributed by atoms with Gasteiger partial charge < -0.3 is 20.3 Å². The molecule has 1 heterocycles. The van der Waals surface area contributed by atoms with Crippen molar-refractivity contribution in [3.63, 3.8) is 0 Å². The highest BCUT2D eigenvalue weighted by Gasteiger charge is 2.30. The van der Waals surface area contributed by atoms with Crippen LogP contribution in [0.5, 0.6) is 5.75 Å². The van der Waals surface area contributed by atoms with E-state index in [1.807, 2.05) is 48.5 Å². The molecule has 2 aromatic carbocycles. The molecule has 0 spiro atoms. The summed E-state index contributed by atoms with van der Waals surface area (Å²) in [5.74, 6) is 0.596. The first-order chi connectivity index (χ1) is 11.5. The molecule has 0 radical (unpaired) electrons. The summed E-state index contributed by atoms with van der Waals surface area (Å²) in [6.07, 6.45) is 0. The molecule has 0 unspecified atom stereocenters. The molecular weight excluding hydrogens is 302 g/mol. The fourth-order valence-corrected chi connectivity index (χ4v) is 3.07. The fourth-order valence-electron chi connectivity index (χ4n) is 3.07. The largest absolute Gasteiger partial charge is 0.495 e. The molecule has 0 aliphatic carbocycles. The zero-order valence-electron chi connectivity index (χ0n) is 14.3. The number of carbonyl (C=O) groups excluding carboxylic acids is 1. The van der Waals surface area contributed by atoms with Crippen molar-refractivity contribution >= 4 is 23.0 Å². The Hall–Kier alpha value is -2.69. The van der Waals surface area contributed by atoms with Gasteiger partial charge >= 0.3 is 0 Å². The highest BCUT2D eigenvalue weighted by molar-refractivity contribution is 5.96. The smallest absolute Gasteiger partial charge is 0.243 e. The SMILES string of the molecule is COc1ccccc1NC(=O)CN1CC(C)(C)Nc2ccccc21. The van der Waals surface area contributed by atoms with Crippen molar-refractivity contribution in [3.05, 3.63) is 48.5 Å². The number of hydrogen-bond donors (Lipinski definition) is 2. The van der Waals surface area contributed by atoms with E-state index >= 15 is 0 Å². The van der Waals surface area contributed by atoms with Crippen molar-refractivity contribution < 1.29 is 9.53 Å². The number of rotatable bonds is 4. The molecule has 0 fully saturated rings. The summed E-state index contributed by atoms with van der Waals surface area (Å²) in [7, 11) is 1.60. The number of nitrogens with one attached hydrogen (secondary N) is 2. The lowest BCUT2D eigenvalue weighted by atomic mass is 9.99. The predicted octanol–water partition coefficient (Wildman–Crippen LogP) is 3.34. The van der Waals surface area contributed by atoms with Gasteiger partial charge in [-0.3, -0.25) is 4.79 Å². The van der Waals surface area contributed by atoms with E-state index in [-0.39, 0.29) is 11.4 Å². The van der Waals surface area contributed by atoms with Gasteiger partial charge in [-0.15, -0.1) is 0 Å². The van der Waals surface area contributed by atoms with Crippen LogP contribution in [0.2, 0.25) is 0 Å². The molecule has 5 heteroatoms. The Morgan fingerprint density at radius 2 is 1.92 bits per heavy atom. The van der Waals surface area contributed by atoms with Gasteiger partial charge in [0.1, 0.15) is 5.75 Å². The maximum Gasteiger partial charge on any atom is 0.243 e. The second-order valence-corrected chi connectivity index (χ2v) is 6.63. The molecular formula is C19H23N3O2. The van der Waals surface area contributed by atoms with Crippen LogP contribution in [0.1, 0.15) is 13.8 Å². The van der Waals surface area contributed by atoms with Crippen LogP contribution in [-0.2, 0) is 4.79 Å². The molecule has 0 atom stereocenters. The molecule has 126 valence electrons. The van der Waals surface area contributed by atoms with Crippen molar-refractivity contribution in [2.24, 2.45) is 0 Å². The summed E-state index contributed by atoms with van der Waals surface area (Å²) in [4.78, 5) is 14.6. The van der Waals surface area contributed by atoms with Gasteiger partial charge in [0, 0.05) is 12.1 Å². The summed E-state index contributed by atoms with van der Waals surface area (Å²) in [6.45, 7) is 5.31. The van der Waals surface area contributed by atoms with Gasteiger partial charge in [0.15, 0.2) is 0 Å². The first-order valence-electron chi connectivity index (χ1n) is 8.03. The number of nitrogens with zero attached hydrogens (tertiary/aromatic N) is 1. The van der Waals surface area contributed by atoms with Gasteiger partial charge in [0.2, 0.25) is 5.91 Å². The van der Waals surface area contributed by atoms with Gasteiger partial charge in [-0.2, -0.15) is 0 Å².